The van der Waals surface area contributed by atoms with Crippen LogP contribution in [0.1, 0.15) is 23.6 Å². The van der Waals surface area contributed by atoms with Crippen LogP contribution < -0.4 is 0 Å². The summed E-state index contributed by atoms with van der Waals surface area (Å²) in [5.41, 5.74) is 2.81. The van der Waals surface area contributed by atoms with E-state index in [1.54, 1.807) is 24.0 Å². The van der Waals surface area contributed by atoms with Gasteiger partial charge in [-0.25, -0.2) is 4.39 Å². The molecule has 5 heteroatoms. The van der Waals surface area contributed by atoms with Gasteiger partial charge in [0.25, 0.3) is 0 Å². The molecule has 4 nitrogen and oxygen atoms in total. The molecular weight excluding hydrogens is 319 g/mol. The molecule has 0 aromatic heterocycles. The maximum absolute atomic E-state index is 13.3. The van der Waals surface area contributed by atoms with E-state index in [-0.39, 0.29) is 30.7 Å². The number of amides is 2. The second-order valence-electron chi connectivity index (χ2n) is 6.45. The molecule has 1 heterocycles. The van der Waals surface area contributed by atoms with E-state index in [0.29, 0.717) is 12.1 Å². The third-order valence-electron chi connectivity index (χ3n) is 4.65. The quantitative estimate of drug-likeness (QED) is 0.859. The van der Waals surface area contributed by atoms with Crippen molar-refractivity contribution in [2.75, 3.05) is 6.54 Å². The van der Waals surface area contributed by atoms with Gasteiger partial charge < -0.3 is 9.80 Å². The number of hydrogen-bond acceptors (Lipinski definition) is 2. The van der Waals surface area contributed by atoms with Crippen LogP contribution in [0.3, 0.4) is 0 Å². The second kappa shape index (κ2) is 7.05. The van der Waals surface area contributed by atoms with Crippen LogP contribution in [0, 0.1) is 12.7 Å². The van der Waals surface area contributed by atoms with Gasteiger partial charge in [-0.3, -0.25) is 9.59 Å². The molecule has 0 bridgehead atoms. The first kappa shape index (κ1) is 17.1. The van der Waals surface area contributed by atoms with E-state index in [1.165, 1.54) is 17.0 Å². The maximum atomic E-state index is 13.3. The number of rotatable bonds is 4. The predicted molar refractivity (Wildman–Crippen MR) is 93.0 cm³/mol. The lowest BCUT2D eigenvalue weighted by Gasteiger charge is -2.39. The van der Waals surface area contributed by atoms with Gasteiger partial charge in [-0.2, -0.15) is 0 Å². The van der Waals surface area contributed by atoms with Crippen LogP contribution in [0.2, 0.25) is 0 Å². The Morgan fingerprint density at radius 3 is 2.56 bits per heavy atom. The number of benzene rings is 2. The predicted octanol–water partition coefficient (Wildman–Crippen LogP) is 2.89. The van der Waals surface area contributed by atoms with Crippen molar-refractivity contribution < 1.29 is 14.0 Å². The summed E-state index contributed by atoms with van der Waals surface area (Å²) in [6, 6.07) is 13.4. The largest absolute Gasteiger partial charge is 0.327 e. The van der Waals surface area contributed by atoms with Gasteiger partial charge in [-0.1, -0.05) is 36.4 Å². The summed E-state index contributed by atoms with van der Waals surface area (Å²) in [6.07, 6.45) is 0. The average Bonchev–Trinajstić information content (AvgIpc) is 2.58. The molecule has 3 rings (SSSR count). The van der Waals surface area contributed by atoms with Crippen LogP contribution in [0.4, 0.5) is 4.39 Å². The fraction of sp³-hybridized carbons (Fsp3) is 0.300. The molecule has 2 aromatic carbocycles. The number of piperazine rings is 1. The summed E-state index contributed by atoms with van der Waals surface area (Å²) < 4.78 is 13.3. The Morgan fingerprint density at radius 1 is 1.08 bits per heavy atom. The molecule has 0 unspecified atom stereocenters. The molecule has 0 radical (unpaired) electrons. The standard InChI is InChI=1S/C20H21FN2O2/c1-14-6-3-4-8-17(14)12-23-15(2)20(25)22(13-19(23)24)11-16-7-5-9-18(21)10-16/h3-10,15H,11-13H2,1-2H3/t15-/m0/s1. The highest BCUT2D eigenvalue weighted by molar-refractivity contribution is 5.94. The molecule has 25 heavy (non-hydrogen) atoms. The van der Waals surface area contributed by atoms with E-state index >= 15 is 0 Å². The minimum absolute atomic E-state index is 0.0194. The number of carbonyl (C=O) groups is 2. The topological polar surface area (TPSA) is 40.6 Å². The number of hydrogen-bond donors (Lipinski definition) is 0. The summed E-state index contributed by atoms with van der Waals surface area (Å²) in [7, 11) is 0. The maximum Gasteiger partial charge on any atom is 0.245 e. The number of halogens is 1. The zero-order valence-electron chi connectivity index (χ0n) is 14.4. The zero-order valence-corrected chi connectivity index (χ0v) is 14.4. The molecule has 0 aliphatic carbocycles. The van der Waals surface area contributed by atoms with Gasteiger partial charge in [0.15, 0.2) is 0 Å². The third-order valence-corrected chi connectivity index (χ3v) is 4.65. The van der Waals surface area contributed by atoms with E-state index in [1.807, 2.05) is 31.2 Å². The summed E-state index contributed by atoms with van der Waals surface area (Å²) in [5.74, 6) is -0.549. The van der Waals surface area contributed by atoms with Gasteiger partial charge in [-0.15, -0.1) is 0 Å². The van der Waals surface area contributed by atoms with Crippen molar-refractivity contribution >= 4 is 11.8 Å². The van der Waals surface area contributed by atoms with E-state index in [4.69, 9.17) is 0 Å². The van der Waals surface area contributed by atoms with Crippen molar-refractivity contribution in [3.8, 4) is 0 Å². The third kappa shape index (κ3) is 3.71. The van der Waals surface area contributed by atoms with Crippen LogP contribution in [0.25, 0.3) is 0 Å². The lowest BCUT2D eigenvalue weighted by Crippen LogP contribution is -2.58. The molecule has 1 aliphatic rings. The molecule has 2 aromatic rings. The summed E-state index contributed by atoms with van der Waals surface area (Å²) >= 11 is 0. The Balaban J connectivity index is 1.74. The smallest absolute Gasteiger partial charge is 0.245 e. The summed E-state index contributed by atoms with van der Waals surface area (Å²) in [6.45, 7) is 4.42. The molecule has 0 saturated carbocycles. The second-order valence-corrected chi connectivity index (χ2v) is 6.45. The Bertz CT molecular complexity index is 806. The minimum atomic E-state index is -0.533. The minimum Gasteiger partial charge on any atom is -0.327 e. The van der Waals surface area contributed by atoms with Gasteiger partial charge in [0.05, 0.1) is 0 Å². The molecule has 1 aliphatic heterocycles. The molecule has 130 valence electrons. The highest BCUT2D eigenvalue weighted by atomic mass is 19.1. The van der Waals surface area contributed by atoms with E-state index in [0.717, 1.165) is 11.1 Å². The number of aryl methyl sites for hydroxylation is 1. The Hall–Kier alpha value is -2.69. The van der Waals surface area contributed by atoms with E-state index in [2.05, 4.69) is 0 Å². The summed E-state index contributed by atoms with van der Waals surface area (Å²) in [4.78, 5) is 28.4. The van der Waals surface area contributed by atoms with Gasteiger partial charge >= 0.3 is 0 Å². The van der Waals surface area contributed by atoms with Crippen molar-refractivity contribution in [3.63, 3.8) is 0 Å². The van der Waals surface area contributed by atoms with Crippen LogP contribution >= 0.6 is 0 Å². The number of nitrogens with zero attached hydrogens (tertiary/aromatic N) is 2. The molecular formula is C20H21FN2O2. The molecule has 2 amide bonds. The van der Waals surface area contributed by atoms with Crippen molar-refractivity contribution in [1.29, 1.82) is 0 Å². The molecule has 1 fully saturated rings. The lowest BCUT2D eigenvalue weighted by molar-refractivity contribution is -0.156. The zero-order chi connectivity index (χ0) is 18.0. The van der Waals surface area contributed by atoms with Gasteiger partial charge in [0.1, 0.15) is 18.4 Å². The van der Waals surface area contributed by atoms with Gasteiger partial charge in [0, 0.05) is 13.1 Å². The van der Waals surface area contributed by atoms with Crippen LogP contribution in [-0.2, 0) is 22.7 Å². The fourth-order valence-electron chi connectivity index (χ4n) is 3.13. The fourth-order valence-corrected chi connectivity index (χ4v) is 3.13. The van der Waals surface area contributed by atoms with Gasteiger partial charge in [-0.05, 0) is 42.7 Å². The van der Waals surface area contributed by atoms with Crippen LogP contribution in [0.5, 0.6) is 0 Å². The lowest BCUT2D eigenvalue weighted by atomic mass is 10.1. The number of carbonyl (C=O) groups excluding carboxylic acids is 2. The highest BCUT2D eigenvalue weighted by Crippen LogP contribution is 2.20. The van der Waals surface area contributed by atoms with E-state index < -0.39 is 6.04 Å². The molecule has 1 saturated heterocycles. The average molecular weight is 340 g/mol. The molecule has 0 spiro atoms. The molecule has 1 atom stereocenters. The first-order valence-electron chi connectivity index (χ1n) is 8.33. The van der Waals surface area contributed by atoms with Crippen molar-refractivity contribution in [3.05, 3.63) is 71.0 Å². The summed E-state index contributed by atoms with van der Waals surface area (Å²) in [5, 5.41) is 0. The van der Waals surface area contributed by atoms with Crippen LogP contribution in [-0.4, -0.2) is 34.2 Å². The Morgan fingerprint density at radius 2 is 1.84 bits per heavy atom. The van der Waals surface area contributed by atoms with Gasteiger partial charge in [0.2, 0.25) is 11.8 Å². The van der Waals surface area contributed by atoms with E-state index in [9.17, 15) is 14.0 Å². The van der Waals surface area contributed by atoms with Crippen molar-refractivity contribution in [1.82, 2.24) is 9.80 Å². The SMILES string of the molecule is Cc1ccccc1CN1C(=O)CN(Cc2cccc(F)c2)C(=O)[C@@H]1C. The first-order chi connectivity index (χ1) is 12.0. The first-order valence-corrected chi connectivity index (χ1v) is 8.33. The monoisotopic (exact) mass is 340 g/mol. The Labute approximate surface area is 146 Å². The molecule has 0 N–H and O–H groups in total. The highest BCUT2D eigenvalue weighted by Gasteiger charge is 2.36. The normalized spacial score (nSPS) is 18.0. The van der Waals surface area contributed by atoms with Crippen molar-refractivity contribution in [2.45, 2.75) is 33.0 Å². The van der Waals surface area contributed by atoms with Crippen LogP contribution in [0.15, 0.2) is 48.5 Å². The Kier molecular flexibility index (Phi) is 4.83. The van der Waals surface area contributed by atoms with Crippen molar-refractivity contribution in [2.24, 2.45) is 0 Å².